The molecule has 1 saturated heterocycles. The Hall–Kier alpha value is -4.50. The first-order chi connectivity index (χ1) is 60.0. The second kappa shape index (κ2) is 154. The third-order valence-corrected chi connectivity index (χ3v) is 18.3. The Bertz CT molecular complexity index is 2530. The highest BCUT2D eigenvalue weighted by molar-refractivity contribution is 4.99. The number of aryl methyl sites for hydroxylation is 2. The van der Waals surface area contributed by atoms with Gasteiger partial charge in [0.15, 0.2) is 6.29 Å². The second-order valence-corrected chi connectivity index (χ2v) is 30.5. The molecule has 1 aliphatic rings. The average Bonchev–Trinajstić information content (AvgIpc) is 1.32. The van der Waals surface area contributed by atoms with Gasteiger partial charge in [-0.3, -0.25) is 0 Å². The van der Waals surface area contributed by atoms with Crippen LogP contribution in [0.5, 0.6) is 0 Å². The lowest BCUT2D eigenvalue weighted by molar-refractivity contribution is -0.338. The van der Waals surface area contributed by atoms with E-state index in [1.807, 2.05) is 69.5 Å². The second-order valence-electron chi connectivity index (χ2n) is 30.5. The lowest BCUT2D eigenvalue weighted by Crippen LogP contribution is -2.55. The van der Waals surface area contributed by atoms with E-state index in [-0.39, 0.29) is 262 Å². The van der Waals surface area contributed by atoms with Gasteiger partial charge in [0.05, 0.1) is 168 Å². The summed E-state index contributed by atoms with van der Waals surface area (Å²) in [5.74, 6) is 4.15. The van der Waals surface area contributed by atoms with Crippen LogP contribution in [0.4, 0.5) is 0 Å². The summed E-state index contributed by atoms with van der Waals surface area (Å²) in [6.45, 7) is 79.3. The number of ether oxygens (including phenoxy) is 14. The van der Waals surface area contributed by atoms with Crippen LogP contribution in [0, 0.1) is 41.4 Å². The molecule has 1 aliphatic heterocycles. The maximum absolute atomic E-state index is 6.69. The lowest BCUT2D eigenvalue weighted by Gasteiger charge is -2.53. The van der Waals surface area contributed by atoms with Crippen LogP contribution in [0.1, 0.15) is 416 Å². The van der Waals surface area contributed by atoms with Gasteiger partial charge in [-0.05, 0) is 118 Å². The molecule has 5 atom stereocenters. The van der Waals surface area contributed by atoms with Gasteiger partial charge in [0.1, 0.15) is 62.9 Å². The molecule has 3 aromatic rings. The van der Waals surface area contributed by atoms with Gasteiger partial charge in [0.25, 0.3) is 0 Å². The fourth-order valence-corrected chi connectivity index (χ4v) is 12.3. The average molecular weight is 2150 g/mol. The van der Waals surface area contributed by atoms with Crippen molar-refractivity contribution in [2.75, 3.05) is 192 Å². The van der Waals surface area contributed by atoms with Gasteiger partial charge in [0, 0.05) is 50.9 Å². The molecule has 0 aromatic carbocycles. The van der Waals surface area contributed by atoms with Crippen LogP contribution < -0.4 is 0 Å². The van der Waals surface area contributed by atoms with Crippen molar-refractivity contribution in [2.24, 2.45) is 41.4 Å². The molecule has 0 aliphatic carbocycles. The van der Waals surface area contributed by atoms with Crippen LogP contribution in [0.3, 0.4) is 0 Å². The Balaban J connectivity index is -0.0000000786. The molecule has 0 N–H and O–H groups in total. The van der Waals surface area contributed by atoms with Crippen LogP contribution in [-0.4, -0.2) is 273 Å². The first kappa shape index (κ1) is 214. The minimum absolute atomic E-state index is 0. The Kier molecular flexibility index (Phi) is 225. The molecule has 0 spiro atoms. The number of hydrogen-bond acceptors (Lipinski definition) is 28. The third-order valence-electron chi connectivity index (χ3n) is 18.3. The quantitative estimate of drug-likeness (QED) is 0.0219. The van der Waals surface area contributed by atoms with Crippen molar-refractivity contribution in [1.29, 1.82) is 0 Å². The normalized spacial score (nSPS) is 12.7. The largest absolute Gasteiger partial charge is 0.379 e. The molecular formula is C116H275N9O22. The highest BCUT2D eigenvalue weighted by Crippen LogP contribution is 2.48. The zero-order valence-electron chi connectivity index (χ0n) is 80.8. The highest BCUT2D eigenvalue weighted by atomic mass is 17.2. The third kappa shape index (κ3) is 108. The number of rotatable bonds is 76. The van der Waals surface area contributed by atoms with Crippen molar-refractivity contribution in [2.45, 2.75) is 455 Å². The summed E-state index contributed by atoms with van der Waals surface area (Å²) >= 11 is 0. The maximum Gasteiger partial charge on any atom is 0.161 e. The molecule has 31 nitrogen and oxygen atoms in total. The summed E-state index contributed by atoms with van der Waals surface area (Å²) in [6.07, 6.45) is 14.1. The number of aromatic nitrogens is 9. The maximum atomic E-state index is 6.69. The molecule has 0 amide bonds. The van der Waals surface area contributed by atoms with Gasteiger partial charge in [-0.2, -0.15) is 0 Å². The molecule has 0 radical (unpaired) electrons. The molecule has 1 fully saturated rings. The van der Waals surface area contributed by atoms with E-state index in [0.717, 1.165) is 81.3 Å². The molecule has 31 heteroatoms. The Morgan fingerprint density at radius 1 is 0.279 bits per heavy atom. The van der Waals surface area contributed by atoms with E-state index < -0.39 is 18.2 Å². The SMILES string of the molecule is C.C.C.C.C.C.C.C.C.C.C.C.C.C.C.C.C.C.C.C.C.C.C.C.C=C.C=C.C=C.C=C.CC.CC(C)c1cn(CCOC2OC(C(C)C)C(C(C)C)C(C(C)C)C2C(C)C)nn1.CCCOCCOCC(COCCOCCC)OCC(COC(COCCOCCC)COCCOCCC)n1cc(CCCCc2cn(C(COC(COOCCC)COOCCC)COC(COOCCC)COOCCC)nn2)nn1. The van der Waals surface area contributed by atoms with E-state index in [1.165, 1.54) is 0 Å². The van der Waals surface area contributed by atoms with Crippen molar-refractivity contribution < 1.29 is 105 Å². The van der Waals surface area contributed by atoms with Crippen LogP contribution in [-0.2, 0) is 125 Å². The molecule has 5 unspecified atom stereocenters. The van der Waals surface area contributed by atoms with Crippen LogP contribution in [0.15, 0.2) is 71.2 Å². The van der Waals surface area contributed by atoms with E-state index in [0.29, 0.717) is 205 Å². The molecule has 3 aromatic heterocycles. The molecule has 4 heterocycles. The summed E-state index contributed by atoms with van der Waals surface area (Å²) in [4.78, 5) is 43.0. The molecule has 147 heavy (non-hydrogen) atoms. The standard InChI is InChI=1S/C58H112N6O20.C24H45N3O2.C2H6.4C2H4.24CH4/c1-9-21-65-29-33-69-43-55(44-70-34-30-66-22-10-2)73-39-53(40-74-56(45-71-35-31-67-23-11-3)46-72-36-32-68-24-12-4)63-37-51(59-61-63)19-17-18-20-52-38-64(62-60-52)54(41-75-57(47-81-77-25-13-5)48-82-78-26-14-6)42-76-58(49-83-79-27-15-7)50-84-80-28-16-8;1-14(2)19-13-27(26-25-19)11-12-28-24-22(17(7)8)20(15(3)4)21(16(5)6)23(29-24)18(9)10;5*1-2;;;;;;;;;;;;;;;;;;;;;;;;/h37-38,53-58H,9-36,39-50H2,1-8H3;13-18,20-24H,11-12H2,1-10H3;1-2H3;4*1-2H2;24*1H4. The van der Waals surface area contributed by atoms with Crippen LogP contribution >= 0.6 is 0 Å². The van der Waals surface area contributed by atoms with Gasteiger partial charge >= 0.3 is 0 Å². The smallest absolute Gasteiger partial charge is 0.161 e. The van der Waals surface area contributed by atoms with Crippen molar-refractivity contribution >= 4 is 0 Å². The predicted molar refractivity (Wildman–Crippen MR) is 647 cm³/mol. The van der Waals surface area contributed by atoms with Crippen molar-refractivity contribution in [3.63, 3.8) is 0 Å². The summed E-state index contributed by atoms with van der Waals surface area (Å²) < 4.78 is 91.1. The van der Waals surface area contributed by atoms with Crippen LogP contribution in [0.2, 0.25) is 0 Å². The summed E-state index contributed by atoms with van der Waals surface area (Å²) in [5.41, 5.74) is 2.66. The van der Waals surface area contributed by atoms with Gasteiger partial charge in [-0.15, -0.1) is 67.9 Å². The lowest BCUT2D eigenvalue weighted by atomic mass is 9.62. The minimum atomic E-state index is -0.527. The first-order valence-electron chi connectivity index (χ1n) is 46.0. The van der Waals surface area contributed by atoms with E-state index in [2.05, 4.69) is 181 Å². The van der Waals surface area contributed by atoms with E-state index >= 15 is 0 Å². The van der Waals surface area contributed by atoms with Gasteiger partial charge in [0.2, 0.25) is 0 Å². The summed E-state index contributed by atoms with van der Waals surface area (Å²) in [7, 11) is 0. The van der Waals surface area contributed by atoms with Crippen molar-refractivity contribution in [3.8, 4) is 0 Å². The Morgan fingerprint density at radius 2 is 0.537 bits per heavy atom. The minimum Gasteiger partial charge on any atom is -0.379 e. The molecule has 916 valence electrons. The van der Waals surface area contributed by atoms with E-state index in [1.54, 1.807) is 4.68 Å². The monoisotopic (exact) mass is 2150 g/mol. The predicted octanol–water partition coefficient (Wildman–Crippen LogP) is 32.4. The summed E-state index contributed by atoms with van der Waals surface area (Å²) in [6, 6.07) is -0.795. The fourth-order valence-electron chi connectivity index (χ4n) is 12.3. The topological polar surface area (TPSA) is 295 Å². The highest BCUT2D eigenvalue weighted by Gasteiger charge is 2.50. The van der Waals surface area contributed by atoms with E-state index in [4.69, 9.17) is 105 Å². The van der Waals surface area contributed by atoms with Gasteiger partial charge in [-0.1, -0.05) is 332 Å². The number of hydrogen-bond donors (Lipinski definition) is 0. The Labute approximate surface area is 922 Å². The van der Waals surface area contributed by atoms with E-state index in [9.17, 15) is 0 Å². The van der Waals surface area contributed by atoms with Crippen LogP contribution in [0.25, 0.3) is 0 Å². The zero-order valence-corrected chi connectivity index (χ0v) is 80.8. The Morgan fingerprint density at radius 3 is 0.776 bits per heavy atom. The first-order valence-corrected chi connectivity index (χ1v) is 46.0. The van der Waals surface area contributed by atoms with Gasteiger partial charge < -0.3 is 66.3 Å². The van der Waals surface area contributed by atoms with Crippen molar-refractivity contribution in [3.05, 3.63) is 88.3 Å². The summed E-state index contributed by atoms with van der Waals surface area (Å²) in [5, 5.41) is 26.8. The zero-order chi connectivity index (χ0) is 92.3. The molecule has 0 saturated carbocycles. The fraction of sp³-hybridized carbons (Fsp3) is 0.879. The molecule has 4 rings (SSSR count). The molecule has 0 bridgehead atoms. The number of unbranched alkanes of at least 4 members (excludes halogenated alkanes) is 1. The molecular weight excluding hydrogens is 1870 g/mol. The van der Waals surface area contributed by atoms with Crippen molar-refractivity contribution in [1.82, 2.24) is 45.0 Å². The van der Waals surface area contributed by atoms with Gasteiger partial charge in [-0.25, -0.2) is 53.1 Å². The number of nitrogens with zero attached hydrogens (tertiary/aromatic N) is 9.